The van der Waals surface area contributed by atoms with Crippen LogP contribution in [0.15, 0.2) is 24.3 Å². The lowest BCUT2D eigenvalue weighted by Gasteiger charge is -2.28. The van der Waals surface area contributed by atoms with E-state index in [4.69, 9.17) is 5.11 Å². The van der Waals surface area contributed by atoms with Gasteiger partial charge in [-0.25, -0.2) is 9.18 Å². The number of hydrogen-bond acceptors (Lipinski definition) is 2. The highest BCUT2D eigenvalue weighted by Gasteiger charge is 2.42. The van der Waals surface area contributed by atoms with Gasteiger partial charge in [-0.15, -0.1) is 0 Å². The molecule has 0 aliphatic heterocycles. The summed E-state index contributed by atoms with van der Waals surface area (Å²) in [6.07, 6.45) is -4.97. The summed E-state index contributed by atoms with van der Waals surface area (Å²) in [6.45, 7) is 2.99. The molecule has 0 spiro atoms. The predicted octanol–water partition coefficient (Wildman–Crippen LogP) is 3.37. The number of carboxylic acid groups (broad SMARTS) is 1. The van der Waals surface area contributed by atoms with Gasteiger partial charge in [-0.05, 0) is 38.0 Å². The van der Waals surface area contributed by atoms with Crippen LogP contribution in [0.5, 0.6) is 0 Å². The molecule has 0 radical (unpaired) electrons. The van der Waals surface area contributed by atoms with Crippen LogP contribution in [0.1, 0.15) is 38.3 Å². The molecule has 0 aliphatic carbocycles. The Hall–Kier alpha value is -2.32. The third kappa shape index (κ3) is 6.43. The molecule has 0 aliphatic rings. The molecule has 3 N–H and O–H groups in total. The molecule has 24 heavy (non-hydrogen) atoms. The monoisotopic (exact) mass is 350 g/mol. The minimum Gasteiger partial charge on any atom is -0.481 e. The number of benzene rings is 1. The van der Waals surface area contributed by atoms with Crippen molar-refractivity contribution in [2.24, 2.45) is 0 Å². The normalized spacial score (nSPS) is 13.2. The Kier molecular flexibility index (Phi) is 6.16. The molecule has 0 aromatic heterocycles. The van der Waals surface area contributed by atoms with Gasteiger partial charge in [0.25, 0.3) is 0 Å². The zero-order chi connectivity index (χ0) is 18.5. The molecule has 5 nitrogen and oxygen atoms in total. The van der Waals surface area contributed by atoms with E-state index in [-0.39, 0.29) is 18.4 Å². The van der Waals surface area contributed by atoms with Crippen LogP contribution in [-0.2, 0) is 4.79 Å². The van der Waals surface area contributed by atoms with Crippen LogP contribution in [0.4, 0.5) is 22.4 Å². The smallest absolute Gasteiger partial charge is 0.412 e. The van der Waals surface area contributed by atoms with Crippen molar-refractivity contribution in [2.75, 3.05) is 0 Å². The summed E-state index contributed by atoms with van der Waals surface area (Å²) in [4.78, 5) is 22.4. The first-order chi connectivity index (χ1) is 10.9. The number of alkyl halides is 3. The van der Waals surface area contributed by atoms with Gasteiger partial charge < -0.3 is 15.7 Å². The maximum atomic E-state index is 13.1. The summed E-state index contributed by atoms with van der Waals surface area (Å²) in [5, 5.41) is 12.7. The van der Waals surface area contributed by atoms with Crippen molar-refractivity contribution in [3.63, 3.8) is 0 Å². The van der Waals surface area contributed by atoms with Gasteiger partial charge >= 0.3 is 18.2 Å². The Bertz CT molecular complexity index is 585. The van der Waals surface area contributed by atoms with Crippen molar-refractivity contribution in [1.29, 1.82) is 0 Å². The van der Waals surface area contributed by atoms with Gasteiger partial charge in [0.2, 0.25) is 0 Å². The molecule has 134 valence electrons. The second-order valence-electron chi connectivity index (χ2n) is 5.90. The number of halogens is 4. The first kappa shape index (κ1) is 19.7. The lowest BCUT2D eigenvalue weighted by molar-refractivity contribution is -0.155. The molecule has 1 aromatic carbocycles. The van der Waals surface area contributed by atoms with Gasteiger partial charge in [0.1, 0.15) is 5.82 Å². The Labute approximate surface area is 136 Å². The van der Waals surface area contributed by atoms with E-state index in [1.807, 2.05) is 0 Å². The van der Waals surface area contributed by atoms with E-state index in [9.17, 15) is 27.2 Å². The molecule has 0 saturated heterocycles. The Morgan fingerprint density at radius 3 is 2.17 bits per heavy atom. The van der Waals surface area contributed by atoms with E-state index in [0.717, 1.165) is 24.3 Å². The molecule has 1 rings (SSSR count). The number of aliphatic carboxylic acids is 1. The maximum absolute atomic E-state index is 13.1. The van der Waals surface area contributed by atoms with Crippen LogP contribution in [0.25, 0.3) is 0 Å². The highest BCUT2D eigenvalue weighted by atomic mass is 19.4. The average Bonchev–Trinajstić information content (AvgIpc) is 2.42. The van der Waals surface area contributed by atoms with Crippen molar-refractivity contribution in [1.82, 2.24) is 10.6 Å². The fourth-order valence-electron chi connectivity index (χ4n) is 1.97. The molecule has 1 atom stereocenters. The Morgan fingerprint density at radius 1 is 1.17 bits per heavy atom. The number of carbonyl (C=O) groups is 2. The number of rotatable bonds is 6. The Balaban J connectivity index is 2.82. The molecule has 0 unspecified atom stereocenters. The summed E-state index contributed by atoms with van der Waals surface area (Å²) in [7, 11) is 0. The van der Waals surface area contributed by atoms with Crippen LogP contribution in [0.2, 0.25) is 0 Å². The zero-order valence-corrected chi connectivity index (χ0v) is 13.1. The first-order valence-corrected chi connectivity index (χ1v) is 7.03. The molecule has 2 amide bonds. The van der Waals surface area contributed by atoms with E-state index < -0.39 is 35.6 Å². The maximum Gasteiger partial charge on any atom is 0.412 e. The standard InChI is InChI=1S/C15H18F4N2O3/c1-14(2,8-7-11(22)23)21-13(24)20-12(15(17,18)19)9-3-5-10(16)6-4-9/h3-6,12H,7-8H2,1-2H3,(H,22,23)(H2,20,21,24)/t12-/m0/s1. The summed E-state index contributed by atoms with van der Waals surface area (Å²) < 4.78 is 52.3. The summed E-state index contributed by atoms with van der Waals surface area (Å²) >= 11 is 0. The van der Waals surface area contributed by atoms with E-state index in [1.165, 1.54) is 13.8 Å². The third-order valence-corrected chi connectivity index (χ3v) is 3.22. The highest BCUT2D eigenvalue weighted by Crippen LogP contribution is 2.32. The van der Waals surface area contributed by atoms with Gasteiger partial charge in [0.05, 0.1) is 0 Å². The Morgan fingerprint density at radius 2 is 1.71 bits per heavy atom. The number of carboxylic acids is 1. The number of hydrogen-bond donors (Lipinski definition) is 3. The zero-order valence-electron chi connectivity index (χ0n) is 13.1. The topological polar surface area (TPSA) is 78.4 Å². The van der Waals surface area contributed by atoms with Crippen LogP contribution >= 0.6 is 0 Å². The van der Waals surface area contributed by atoms with E-state index in [0.29, 0.717) is 0 Å². The van der Waals surface area contributed by atoms with Crippen LogP contribution in [0.3, 0.4) is 0 Å². The third-order valence-electron chi connectivity index (χ3n) is 3.22. The van der Waals surface area contributed by atoms with Gasteiger partial charge in [0, 0.05) is 12.0 Å². The summed E-state index contributed by atoms with van der Waals surface area (Å²) in [5.41, 5.74) is -1.33. The van der Waals surface area contributed by atoms with E-state index in [2.05, 4.69) is 5.32 Å². The minimum absolute atomic E-state index is 0.0446. The highest BCUT2D eigenvalue weighted by molar-refractivity contribution is 5.75. The molecule has 9 heteroatoms. The van der Waals surface area contributed by atoms with Crippen molar-refractivity contribution in [3.8, 4) is 0 Å². The lowest BCUT2D eigenvalue weighted by Crippen LogP contribution is -2.51. The minimum atomic E-state index is -4.78. The average molecular weight is 350 g/mol. The summed E-state index contributed by atoms with van der Waals surface area (Å²) in [6, 6.07) is 0.187. The van der Waals surface area contributed by atoms with Crippen LogP contribution in [0, 0.1) is 5.82 Å². The molecule has 0 bridgehead atoms. The SMILES string of the molecule is CC(C)(CCC(=O)O)NC(=O)N[C@@H](c1ccc(F)cc1)C(F)(F)F. The molecular formula is C15H18F4N2O3. The van der Waals surface area contributed by atoms with Crippen molar-refractivity contribution >= 4 is 12.0 Å². The van der Waals surface area contributed by atoms with Crippen LogP contribution in [-0.4, -0.2) is 28.8 Å². The molecule has 0 fully saturated rings. The van der Waals surface area contributed by atoms with E-state index in [1.54, 1.807) is 5.32 Å². The summed E-state index contributed by atoms with van der Waals surface area (Å²) in [5.74, 6) is -1.77. The molecule has 0 heterocycles. The quantitative estimate of drug-likeness (QED) is 0.688. The number of amides is 2. The molecule has 0 saturated carbocycles. The fraction of sp³-hybridized carbons (Fsp3) is 0.467. The van der Waals surface area contributed by atoms with Gasteiger partial charge in [-0.3, -0.25) is 4.79 Å². The number of urea groups is 1. The largest absolute Gasteiger partial charge is 0.481 e. The molecular weight excluding hydrogens is 332 g/mol. The van der Waals surface area contributed by atoms with Crippen molar-refractivity contribution in [2.45, 2.75) is 44.4 Å². The van der Waals surface area contributed by atoms with Gasteiger partial charge in [0.15, 0.2) is 6.04 Å². The van der Waals surface area contributed by atoms with Gasteiger partial charge in [-0.1, -0.05) is 12.1 Å². The lowest BCUT2D eigenvalue weighted by atomic mass is 9.98. The van der Waals surface area contributed by atoms with Crippen molar-refractivity contribution in [3.05, 3.63) is 35.6 Å². The van der Waals surface area contributed by atoms with Gasteiger partial charge in [-0.2, -0.15) is 13.2 Å². The predicted molar refractivity (Wildman–Crippen MR) is 77.8 cm³/mol. The second kappa shape index (κ2) is 7.50. The second-order valence-corrected chi connectivity index (χ2v) is 5.90. The molecule has 1 aromatic rings. The van der Waals surface area contributed by atoms with Crippen molar-refractivity contribution < 1.29 is 32.3 Å². The van der Waals surface area contributed by atoms with Crippen LogP contribution < -0.4 is 10.6 Å². The number of nitrogens with one attached hydrogen (secondary N) is 2. The first-order valence-electron chi connectivity index (χ1n) is 7.03. The number of carbonyl (C=O) groups excluding carboxylic acids is 1. The van der Waals surface area contributed by atoms with E-state index >= 15 is 0 Å². The fourth-order valence-corrected chi connectivity index (χ4v) is 1.97.